The number of alkyl halides is 1. The highest BCUT2D eigenvalue weighted by molar-refractivity contribution is 6.33. The van der Waals surface area contributed by atoms with Gasteiger partial charge in [0.05, 0.1) is 22.0 Å². The van der Waals surface area contributed by atoms with Crippen molar-refractivity contribution in [3.8, 4) is 0 Å². The topological polar surface area (TPSA) is 50.4 Å². The van der Waals surface area contributed by atoms with E-state index in [4.69, 9.17) is 11.6 Å². The third-order valence-corrected chi connectivity index (χ3v) is 3.26. The maximum absolute atomic E-state index is 14.1. The summed E-state index contributed by atoms with van der Waals surface area (Å²) in [6.45, 7) is 4.55. The number of rotatable bonds is 5. The van der Waals surface area contributed by atoms with E-state index >= 15 is 0 Å². The van der Waals surface area contributed by atoms with Crippen molar-refractivity contribution < 1.29 is 22.8 Å². The molecular weight excluding hydrogens is 357 g/mol. The van der Waals surface area contributed by atoms with E-state index < -0.39 is 30.1 Å². The van der Waals surface area contributed by atoms with Crippen molar-refractivity contribution in [2.45, 2.75) is 20.8 Å². The average molecular weight is 375 g/mol. The number of halogens is 4. The maximum Gasteiger partial charge on any atom is 0.277 e. The molecule has 2 N–H and O–H groups in total. The Hall–Kier alpha value is -2.25. The van der Waals surface area contributed by atoms with Crippen LogP contribution in [0.2, 0.25) is 5.02 Å². The SMILES string of the molecule is CC.Cc1ccc(Nc2c(C(=O)NOCF)ccc(F)c2F)c(Cl)c1. The second-order valence-corrected chi connectivity index (χ2v) is 4.98. The Bertz CT molecular complexity index is 742. The first-order valence-electron chi connectivity index (χ1n) is 7.43. The average Bonchev–Trinajstić information content (AvgIpc) is 2.60. The second-order valence-electron chi connectivity index (χ2n) is 4.58. The van der Waals surface area contributed by atoms with Crippen LogP contribution in [-0.2, 0) is 4.84 Å². The van der Waals surface area contributed by atoms with Crippen molar-refractivity contribution in [3.05, 3.63) is 58.1 Å². The number of nitrogens with one attached hydrogen (secondary N) is 2. The van der Waals surface area contributed by atoms with Gasteiger partial charge in [-0.2, -0.15) is 0 Å². The van der Waals surface area contributed by atoms with Crippen molar-refractivity contribution in [3.63, 3.8) is 0 Å². The van der Waals surface area contributed by atoms with E-state index in [2.05, 4.69) is 10.2 Å². The molecule has 0 aromatic heterocycles. The number of anilines is 2. The first-order chi connectivity index (χ1) is 11.9. The van der Waals surface area contributed by atoms with Gasteiger partial charge in [0.25, 0.3) is 5.91 Å². The van der Waals surface area contributed by atoms with E-state index in [1.54, 1.807) is 23.7 Å². The molecule has 2 aromatic carbocycles. The van der Waals surface area contributed by atoms with Gasteiger partial charge in [-0.3, -0.25) is 4.79 Å². The molecule has 0 unspecified atom stereocenters. The Morgan fingerprint density at radius 1 is 1.20 bits per heavy atom. The summed E-state index contributed by atoms with van der Waals surface area (Å²) in [5, 5.41) is 2.84. The van der Waals surface area contributed by atoms with Crippen LogP contribution in [0.1, 0.15) is 29.8 Å². The highest BCUT2D eigenvalue weighted by atomic mass is 35.5. The van der Waals surface area contributed by atoms with Crippen LogP contribution >= 0.6 is 11.6 Å². The van der Waals surface area contributed by atoms with E-state index in [1.165, 1.54) is 0 Å². The molecule has 25 heavy (non-hydrogen) atoms. The fraction of sp³-hybridized carbons (Fsp3) is 0.235. The molecule has 2 aromatic rings. The van der Waals surface area contributed by atoms with Crippen molar-refractivity contribution >= 4 is 28.9 Å². The first-order valence-corrected chi connectivity index (χ1v) is 7.81. The third-order valence-electron chi connectivity index (χ3n) is 2.94. The van der Waals surface area contributed by atoms with E-state index in [-0.39, 0.29) is 16.3 Å². The van der Waals surface area contributed by atoms with Crippen LogP contribution in [0.4, 0.5) is 24.5 Å². The lowest BCUT2D eigenvalue weighted by Crippen LogP contribution is -2.24. The molecule has 1 amide bonds. The molecule has 0 heterocycles. The summed E-state index contributed by atoms with van der Waals surface area (Å²) in [6.07, 6.45) is 0. The smallest absolute Gasteiger partial charge is 0.277 e. The van der Waals surface area contributed by atoms with Gasteiger partial charge in [0.2, 0.25) is 6.86 Å². The van der Waals surface area contributed by atoms with Crippen molar-refractivity contribution in [1.82, 2.24) is 5.48 Å². The number of amides is 1. The molecule has 0 aliphatic carbocycles. The van der Waals surface area contributed by atoms with Crippen molar-refractivity contribution in [1.29, 1.82) is 0 Å². The standard InChI is InChI=1S/C15H12ClF3N2O2.C2H6/c1-8-2-5-12(10(16)6-8)20-14-9(15(22)21-23-7-17)3-4-11(18)13(14)19;1-2/h2-6,20H,7H2,1H3,(H,21,22);1-2H3. The van der Waals surface area contributed by atoms with Gasteiger partial charge in [0, 0.05) is 0 Å². The molecule has 0 radical (unpaired) electrons. The van der Waals surface area contributed by atoms with Crippen molar-refractivity contribution in [2.24, 2.45) is 0 Å². The summed E-state index contributed by atoms with van der Waals surface area (Å²) < 4.78 is 39.5. The number of hydroxylamine groups is 1. The summed E-state index contributed by atoms with van der Waals surface area (Å²) in [5.41, 5.74) is 2.22. The minimum Gasteiger partial charge on any atom is -0.351 e. The molecule has 0 bridgehead atoms. The molecule has 0 aliphatic rings. The number of benzene rings is 2. The van der Waals surface area contributed by atoms with Crippen LogP contribution < -0.4 is 10.8 Å². The predicted molar refractivity (Wildman–Crippen MR) is 91.7 cm³/mol. The summed E-state index contributed by atoms with van der Waals surface area (Å²) in [5.74, 6) is -3.36. The second kappa shape index (κ2) is 9.90. The lowest BCUT2D eigenvalue weighted by molar-refractivity contribution is -0.00929. The van der Waals surface area contributed by atoms with Crippen LogP contribution in [0.5, 0.6) is 0 Å². The highest BCUT2D eigenvalue weighted by Crippen LogP contribution is 2.30. The van der Waals surface area contributed by atoms with Gasteiger partial charge in [-0.25, -0.2) is 23.5 Å². The number of carbonyl (C=O) groups excluding carboxylic acids is 1. The Kier molecular flexibility index (Phi) is 8.24. The summed E-state index contributed by atoms with van der Waals surface area (Å²) in [7, 11) is 0. The van der Waals surface area contributed by atoms with Crippen LogP contribution in [0.3, 0.4) is 0 Å². The van der Waals surface area contributed by atoms with Gasteiger partial charge in [-0.15, -0.1) is 0 Å². The van der Waals surface area contributed by atoms with Crippen LogP contribution in [0, 0.1) is 18.6 Å². The van der Waals surface area contributed by atoms with Gasteiger partial charge in [0.1, 0.15) is 0 Å². The Balaban J connectivity index is 0.00000151. The largest absolute Gasteiger partial charge is 0.351 e. The zero-order valence-electron chi connectivity index (χ0n) is 13.9. The lowest BCUT2D eigenvalue weighted by Gasteiger charge is -2.14. The minimum atomic E-state index is -1.27. The van der Waals surface area contributed by atoms with Crippen LogP contribution in [-0.4, -0.2) is 12.8 Å². The molecule has 0 saturated heterocycles. The van der Waals surface area contributed by atoms with E-state index in [1.807, 2.05) is 20.8 Å². The monoisotopic (exact) mass is 374 g/mol. The molecule has 0 atom stereocenters. The molecule has 136 valence electrons. The fourth-order valence-electron chi connectivity index (χ4n) is 1.87. The molecule has 0 saturated carbocycles. The summed E-state index contributed by atoms with van der Waals surface area (Å²) in [4.78, 5) is 16.0. The van der Waals surface area contributed by atoms with E-state index in [0.717, 1.165) is 17.7 Å². The molecule has 4 nitrogen and oxygen atoms in total. The molecule has 2 rings (SSSR count). The normalized spacial score (nSPS) is 9.88. The molecular formula is C17H18ClF3N2O2. The number of hydrogen-bond donors (Lipinski definition) is 2. The summed E-state index contributed by atoms with van der Waals surface area (Å²) in [6, 6.07) is 6.70. The minimum absolute atomic E-state index is 0.264. The predicted octanol–water partition coefficient (Wildman–Crippen LogP) is 5.28. The highest BCUT2D eigenvalue weighted by Gasteiger charge is 2.20. The molecule has 0 aliphatic heterocycles. The zero-order valence-corrected chi connectivity index (χ0v) is 14.7. The van der Waals surface area contributed by atoms with E-state index in [0.29, 0.717) is 0 Å². The summed E-state index contributed by atoms with van der Waals surface area (Å²) >= 11 is 6.03. The number of hydrogen-bond acceptors (Lipinski definition) is 3. The first kappa shape index (κ1) is 20.8. The van der Waals surface area contributed by atoms with Crippen molar-refractivity contribution in [2.75, 3.05) is 12.2 Å². The molecule has 0 spiro atoms. The quantitative estimate of drug-likeness (QED) is 0.699. The Morgan fingerprint density at radius 3 is 2.48 bits per heavy atom. The fourth-order valence-corrected chi connectivity index (χ4v) is 2.15. The van der Waals surface area contributed by atoms with Gasteiger partial charge in [-0.1, -0.05) is 31.5 Å². The molecule has 8 heteroatoms. The van der Waals surface area contributed by atoms with Gasteiger partial charge < -0.3 is 5.32 Å². The van der Waals surface area contributed by atoms with Gasteiger partial charge >= 0.3 is 0 Å². The van der Waals surface area contributed by atoms with Gasteiger partial charge in [-0.05, 0) is 36.8 Å². The van der Waals surface area contributed by atoms with Crippen LogP contribution in [0.15, 0.2) is 30.3 Å². The van der Waals surface area contributed by atoms with E-state index in [9.17, 15) is 18.0 Å². The lowest BCUT2D eigenvalue weighted by atomic mass is 10.1. The maximum atomic E-state index is 14.1. The Labute approximate surface area is 148 Å². The Morgan fingerprint density at radius 2 is 1.88 bits per heavy atom. The zero-order chi connectivity index (χ0) is 19.0. The number of carbonyl (C=O) groups is 1. The van der Waals surface area contributed by atoms with Crippen LogP contribution in [0.25, 0.3) is 0 Å². The number of aryl methyl sites for hydroxylation is 1. The van der Waals surface area contributed by atoms with Gasteiger partial charge in [0.15, 0.2) is 11.6 Å². The molecule has 0 fully saturated rings. The third kappa shape index (κ3) is 5.37.